The topological polar surface area (TPSA) is 147 Å². The van der Waals surface area contributed by atoms with Gasteiger partial charge in [0.2, 0.25) is 5.91 Å². The van der Waals surface area contributed by atoms with Gasteiger partial charge in [0.1, 0.15) is 17.1 Å². The number of hydroxylamine groups is 1. The normalized spacial score (nSPS) is 12.7. The monoisotopic (exact) mass is 468 g/mol. The molecule has 34 heavy (non-hydrogen) atoms. The van der Waals surface area contributed by atoms with Crippen LogP contribution >= 0.6 is 0 Å². The van der Waals surface area contributed by atoms with Crippen LogP contribution in [-0.2, 0) is 4.79 Å². The molecule has 2 aromatic rings. The van der Waals surface area contributed by atoms with E-state index in [0.717, 1.165) is 12.8 Å². The maximum absolute atomic E-state index is 13.1. The van der Waals surface area contributed by atoms with E-state index in [1.54, 1.807) is 35.8 Å². The summed E-state index contributed by atoms with van der Waals surface area (Å²) in [7, 11) is 1.54. The first-order valence-corrected chi connectivity index (χ1v) is 11.1. The Hall–Kier alpha value is -3.92. The molecular weight excluding hydrogens is 440 g/mol. The summed E-state index contributed by atoms with van der Waals surface area (Å²) in [5, 5.41) is 23.5. The van der Waals surface area contributed by atoms with Gasteiger partial charge in [-0.15, -0.1) is 0 Å². The third-order valence-corrected chi connectivity index (χ3v) is 5.54. The van der Waals surface area contributed by atoms with Gasteiger partial charge in [-0.05, 0) is 55.5 Å². The molecule has 1 aromatic carbocycles. The van der Waals surface area contributed by atoms with E-state index >= 15 is 0 Å². The lowest BCUT2D eigenvalue weighted by Gasteiger charge is -2.09. The molecule has 1 heterocycles. The third-order valence-electron chi connectivity index (χ3n) is 5.54. The van der Waals surface area contributed by atoms with Crippen molar-refractivity contribution in [2.45, 2.75) is 38.5 Å². The van der Waals surface area contributed by atoms with Crippen molar-refractivity contribution in [3.05, 3.63) is 63.9 Å². The summed E-state index contributed by atoms with van der Waals surface area (Å²) in [5.41, 5.74) is 3.29. The molecule has 0 saturated carbocycles. The van der Waals surface area contributed by atoms with Crippen molar-refractivity contribution < 1.29 is 24.5 Å². The number of unbranched alkanes of at least 4 members (excludes halogenated alkanes) is 2. The van der Waals surface area contributed by atoms with E-state index in [4.69, 9.17) is 9.94 Å². The molecule has 1 aromatic heterocycles. The first kappa shape index (κ1) is 24.7. The second-order valence-corrected chi connectivity index (χ2v) is 7.82. The number of benzene rings is 1. The van der Waals surface area contributed by atoms with Crippen LogP contribution in [0.15, 0.2) is 42.5 Å². The first-order chi connectivity index (χ1) is 16.5. The van der Waals surface area contributed by atoms with Crippen LogP contribution in [0.25, 0.3) is 16.8 Å². The Balaban J connectivity index is 1.88. The Kier molecular flexibility index (Phi) is 8.58. The highest BCUT2D eigenvalue weighted by Crippen LogP contribution is 2.40. The number of nitrogens with zero attached hydrogens (tertiary/aromatic N) is 1. The quantitative estimate of drug-likeness (QED) is 0.169. The van der Waals surface area contributed by atoms with Crippen molar-refractivity contribution in [3.63, 3.8) is 0 Å². The van der Waals surface area contributed by atoms with Crippen LogP contribution in [0.2, 0.25) is 0 Å². The predicted molar refractivity (Wildman–Crippen MR) is 127 cm³/mol. The highest BCUT2D eigenvalue weighted by atomic mass is 16.6. The predicted octanol–water partition coefficient (Wildman–Crippen LogP) is 4.13. The molecule has 3 rings (SSSR count). The number of nitrogens with one attached hydrogen (secondary N) is 3. The molecule has 10 nitrogen and oxygen atoms in total. The third kappa shape index (κ3) is 5.90. The van der Waals surface area contributed by atoms with Gasteiger partial charge >= 0.3 is 5.69 Å². The standard InChI is InChI=1S/C24H28N4O6/c1-34-18-13-11-17(12-14-18)21-23(28(32)33)20(16-8-4-2-5-9-16)22(26-21)24(30)25-15-7-3-6-10-19(29)27-31/h4,8-9,11-14,26,31H,2-3,5-7,10,15H2,1H3,(H,25,30)(H,27,29). The number of hydrogen-bond donors (Lipinski definition) is 4. The lowest BCUT2D eigenvalue weighted by atomic mass is 9.97. The van der Waals surface area contributed by atoms with E-state index in [1.807, 2.05) is 12.2 Å². The van der Waals surface area contributed by atoms with Gasteiger partial charge < -0.3 is 15.0 Å². The molecule has 0 fully saturated rings. The molecular formula is C24H28N4O6. The van der Waals surface area contributed by atoms with Crippen molar-refractivity contribution in [3.8, 4) is 17.0 Å². The first-order valence-electron chi connectivity index (χ1n) is 11.1. The number of methoxy groups -OCH3 is 1. The van der Waals surface area contributed by atoms with Crippen LogP contribution in [0.3, 0.4) is 0 Å². The van der Waals surface area contributed by atoms with Crippen molar-refractivity contribution in [1.29, 1.82) is 0 Å². The number of H-pyrrole nitrogens is 1. The summed E-state index contributed by atoms with van der Waals surface area (Å²) in [6, 6.07) is 6.82. The van der Waals surface area contributed by atoms with Gasteiger partial charge in [-0.25, -0.2) is 5.48 Å². The highest BCUT2D eigenvalue weighted by Gasteiger charge is 2.32. The zero-order valence-electron chi connectivity index (χ0n) is 18.9. The van der Waals surface area contributed by atoms with E-state index in [0.29, 0.717) is 42.7 Å². The van der Waals surface area contributed by atoms with Gasteiger partial charge in [0.25, 0.3) is 5.91 Å². The van der Waals surface area contributed by atoms with Crippen LogP contribution < -0.4 is 15.5 Å². The van der Waals surface area contributed by atoms with E-state index in [-0.39, 0.29) is 29.1 Å². The summed E-state index contributed by atoms with van der Waals surface area (Å²) in [4.78, 5) is 38.8. The number of rotatable bonds is 11. The Labute approximate surface area is 196 Å². The molecule has 0 aliphatic heterocycles. The number of allylic oxidation sites excluding steroid dienone is 4. The van der Waals surface area contributed by atoms with Gasteiger partial charge in [0.15, 0.2) is 0 Å². The van der Waals surface area contributed by atoms with E-state index < -0.39 is 16.7 Å². The SMILES string of the molecule is COc1ccc(-c2[nH]c(C(=O)NCCCCCC(=O)NO)c(C3=CCCC=C3)c2[N+](=O)[O-])cc1. The fourth-order valence-electron chi connectivity index (χ4n) is 3.82. The lowest BCUT2D eigenvalue weighted by Crippen LogP contribution is -2.26. The molecule has 0 spiro atoms. The van der Waals surface area contributed by atoms with E-state index in [9.17, 15) is 19.7 Å². The summed E-state index contributed by atoms with van der Waals surface area (Å²) in [5.74, 6) is -0.274. The number of carbonyl (C=O) groups excluding carboxylic acids is 2. The molecule has 180 valence electrons. The Morgan fingerprint density at radius 1 is 1.18 bits per heavy atom. The number of amides is 2. The van der Waals surface area contributed by atoms with E-state index in [2.05, 4.69) is 10.3 Å². The molecule has 0 radical (unpaired) electrons. The summed E-state index contributed by atoms with van der Waals surface area (Å²) in [6.07, 6.45) is 9.27. The van der Waals surface area contributed by atoms with Crippen LogP contribution in [0.4, 0.5) is 5.69 Å². The minimum atomic E-state index is -0.461. The second-order valence-electron chi connectivity index (χ2n) is 7.82. The molecule has 1 aliphatic carbocycles. The largest absolute Gasteiger partial charge is 0.497 e. The van der Waals surface area contributed by atoms with Gasteiger partial charge in [0.05, 0.1) is 17.6 Å². The van der Waals surface area contributed by atoms with Gasteiger partial charge in [0, 0.05) is 18.5 Å². The average Bonchev–Trinajstić information content (AvgIpc) is 3.27. The number of nitro groups is 1. The number of carbonyl (C=O) groups is 2. The van der Waals surface area contributed by atoms with Gasteiger partial charge in [-0.1, -0.05) is 24.6 Å². The second kappa shape index (κ2) is 11.8. The number of aromatic nitrogens is 1. The van der Waals surface area contributed by atoms with Crippen molar-refractivity contribution >= 4 is 23.1 Å². The maximum atomic E-state index is 13.1. The minimum absolute atomic E-state index is 0.134. The fourth-order valence-corrected chi connectivity index (χ4v) is 3.82. The van der Waals surface area contributed by atoms with Crippen molar-refractivity contribution in [1.82, 2.24) is 15.8 Å². The molecule has 0 atom stereocenters. The Bertz CT molecular complexity index is 1100. The zero-order chi connectivity index (χ0) is 24.5. The summed E-state index contributed by atoms with van der Waals surface area (Å²) in [6.45, 7) is 0.346. The lowest BCUT2D eigenvalue weighted by molar-refractivity contribution is -0.384. The van der Waals surface area contributed by atoms with Gasteiger partial charge in [-0.2, -0.15) is 0 Å². The van der Waals surface area contributed by atoms with Gasteiger partial charge in [-0.3, -0.25) is 24.9 Å². The van der Waals surface area contributed by atoms with Crippen LogP contribution in [0, 0.1) is 10.1 Å². The Morgan fingerprint density at radius 3 is 2.56 bits per heavy atom. The van der Waals surface area contributed by atoms with Crippen LogP contribution in [-0.4, -0.2) is 40.6 Å². The average molecular weight is 469 g/mol. The van der Waals surface area contributed by atoms with Crippen molar-refractivity contribution in [2.24, 2.45) is 0 Å². The molecule has 0 saturated heterocycles. The van der Waals surface area contributed by atoms with Crippen LogP contribution in [0.1, 0.15) is 54.6 Å². The molecule has 4 N–H and O–H groups in total. The maximum Gasteiger partial charge on any atom is 0.303 e. The highest BCUT2D eigenvalue weighted by molar-refractivity contribution is 6.03. The molecule has 0 unspecified atom stereocenters. The van der Waals surface area contributed by atoms with E-state index in [1.165, 1.54) is 7.11 Å². The van der Waals surface area contributed by atoms with Crippen LogP contribution in [0.5, 0.6) is 5.75 Å². The summed E-state index contributed by atoms with van der Waals surface area (Å²) < 4.78 is 5.18. The number of hydrogen-bond acceptors (Lipinski definition) is 6. The Morgan fingerprint density at radius 2 is 1.94 bits per heavy atom. The zero-order valence-corrected chi connectivity index (χ0v) is 18.9. The number of aromatic amines is 1. The number of ether oxygens (including phenoxy) is 1. The molecule has 0 bridgehead atoms. The summed E-state index contributed by atoms with van der Waals surface area (Å²) >= 11 is 0. The molecule has 2 amide bonds. The smallest absolute Gasteiger partial charge is 0.303 e. The van der Waals surface area contributed by atoms with Crippen molar-refractivity contribution in [2.75, 3.05) is 13.7 Å². The molecule has 1 aliphatic rings. The minimum Gasteiger partial charge on any atom is -0.497 e. The fraction of sp³-hybridized carbons (Fsp3) is 0.333. The molecule has 10 heteroatoms.